The zero-order valence-corrected chi connectivity index (χ0v) is 10.1. The first-order chi connectivity index (χ1) is 4.39. The molecule has 0 bridgehead atoms. The molecule has 10 heavy (non-hydrogen) atoms. The van der Waals surface area contributed by atoms with Crippen LogP contribution in [-0.4, -0.2) is 16.6 Å². The molecule has 0 amide bonds. The van der Waals surface area contributed by atoms with Crippen LogP contribution in [0.5, 0.6) is 0 Å². The molecule has 0 rings (SSSR count). The molecule has 0 aliphatic rings. The van der Waals surface area contributed by atoms with Crippen LogP contribution in [0.25, 0.3) is 0 Å². The van der Waals surface area contributed by atoms with E-state index < -0.39 is 0 Å². The van der Waals surface area contributed by atoms with Crippen LogP contribution in [0.3, 0.4) is 0 Å². The van der Waals surface area contributed by atoms with Gasteiger partial charge in [-0.3, -0.25) is 0 Å². The zero-order chi connectivity index (χ0) is 8.36. The first kappa shape index (κ1) is 10.2. The predicted octanol–water partition coefficient (Wildman–Crippen LogP) is 1.35. The Morgan fingerprint density at radius 3 is 1.60 bits per heavy atom. The summed E-state index contributed by atoms with van der Waals surface area (Å²) < 4.78 is 5.52. The maximum absolute atomic E-state index is 5.52. The van der Waals surface area contributed by atoms with Crippen molar-refractivity contribution in [3.63, 3.8) is 0 Å². The molecule has 0 aromatic carbocycles. The van der Waals surface area contributed by atoms with Crippen molar-refractivity contribution < 1.29 is 4.43 Å². The molecule has 1 atom stereocenters. The Morgan fingerprint density at radius 2 is 1.60 bits per heavy atom. The Labute approximate surface area is 67.7 Å². The van der Waals surface area contributed by atoms with Crippen LogP contribution >= 0.6 is 0 Å². The van der Waals surface area contributed by atoms with Crippen molar-refractivity contribution in [2.75, 3.05) is 0 Å². The van der Waals surface area contributed by atoms with Crippen molar-refractivity contribution in [3.05, 3.63) is 0 Å². The van der Waals surface area contributed by atoms with Gasteiger partial charge in [0.05, 0.1) is 6.10 Å². The molecule has 1 unspecified atom stereocenters. The first-order valence-corrected chi connectivity index (χ1v) is 4.74. The zero-order valence-electron chi connectivity index (χ0n) is 8.06. The normalized spacial score (nSPS) is 16.2. The summed E-state index contributed by atoms with van der Waals surface area (Å²) in [5.41, 5.74) is 0.302. The van der Waals surface area contributed by atoms with E-state index in [2.05, 4.69) is 34.6 Å². The van der Waals surface area contributed by atoms with E-state index in [0.717, 1.165) is 10.5 Å². The minimum atomic E-state index is 0.302. The van der Waals surface area contributed by atoms with E-state index in [1.54, 1.807) is 0 Å². The largest absolute Gasteiger partial charge is 0.424 e. The lowest BCUT2D eigenvalue weighted by molar-refractivity contribution is 0.0554. The summed E-state index contributed by atoms with van der Waals surface area (Å²) >= 11 is 0. The lowest BCUT2D eigenvalue weighted by Gasteiger charge is -2.33. The molecule has 0 fully saturated rings. The molecule has 0 radical (unpaired) electrons. The minimum absolute atomic E-state index is 0.302. The van der Waals surface area contributed by atoms with Gasteiger partial charge in [-0.2, -0.15) is 0 Å². The van der Waals surface area contributed by atoms with E-state index >= 15 is 0 Å². The highest BCUT2D eigenvalue weighted by Gasteiger charge is 2.26. The molecular weight excluding hydrogens is 140 g/mol. The molecule has 1 nitrogen and oxygen atoms in total. The van der Waals surface area contributed by atoms with Crippen molar-refractivity contribution in [1.29, 1.82) is 0 Å². The average Bonchev–Trinajstić information content (AvgIpc) is 1.60. The van der Waals surface area contributed by atoms with E-state index in [1.165, 1.54) is 0 Å². The molecular formula is C8H20OSi. The van der Waals surface area contributed by atoms with Gasteiger partial charge >= 0.3 is 0 Å². The monoisotopic (exact) mass is 160 g/mol. The van der Waals surface area contributed by atoms with Crippen LogP contribution in [0.15, 0.2) is 0 Å². The van der Waals surface area contributed by atoms with Gasteiger partial charge in [0.2, 0.25) is 0 Å². The Morgan fingerprint density at radius 1 is 1.20 bits per heavy atom. The molecule has 0 N–H and O–H groups in total. The fourth-order valence-corrected chi connectivity index (χ4v) is 2.88. The second-order valence-electron chi connectivity index (χ2n) is 4.27. The number of hydrogen-bond donors (Lipinski definition) is 0. The van der Waals surface area contributed by atoms with Gasteiger partial charge in [0.15, 0.2) is 0 Å². The average molecular weight is 160 g/mol. The van der Waals surface area contributed by atoms with Crippen LogP contribution in [0.2, 0.25) is 0 Å². The topological polar surface area (TPSA) is 9.23 Å². The van der Waals surface area contributed by atoms with Gasteiger partial charge in [0.1, 0.15) is 10.5 Å². The highest BCUT2D eigenvalue weighted by Crippen LogP contribution is 2.26. The van der Waals surface area contributed by atoms with Gasteiger partial charge in [-0.05, 0) is 11.3 Å². The summed E-state index contributed by atoms with van der Waals surface area (Å²) in [6.07, 6.45) is 0.430. The number of hydrogen-bond acceptors (Lipinski definition) is 1. The van der Waals surface area contributed by atoms with Crippen molar-refractivity contribution >= 4 is 10.5 Å². The molecule has 62 valence electrons. The van der Waals surface area contributed by atoms with Gasteiger partial charge < -0.3 is 4.43 Å². The third kappa shape index (κ3) is 2.84. The van der Waals surface area contributed by atoms with E-state index in [-0.39, 0.29) is 0 Å². The summed E-state index contributed by atoms with van der Waals surface area (Å²) in [6.45, 7) is 11.1. The smallest absolute Gasteiger partial charge is 0.146 e. The summed E-state index contributed by atoms with van der Waals surface area (Å²) in [5, 5.41) is 0. The molecule has 0 aliphatic heterocycles. The molecule has 0 aliphatic carbocycles. The third-order valence-electron chi connectivity index (χ3n) is 1.71. The van der Waals surface area contributed by atoms with Gasteiger partial charge in [-0.1, -0.05) is 34.6 Å². The van der Waals surface area contributed by atoms with Crippen LogP contribution in [0.4, 0.5) is 0 Å². The van der Waals surface area contributed by atoms with Gasteiger partial charge in [0, 0.05) is 0 Å². The summed E-state index contributed by atoms with van der Waals surface area (Å²) in [7, 11) is 0.851. The van der Waals surface area contributed by atoms with Crippen LogP contribution in [0.1, 0.15) is 34.6 Å². The van der Waals surface area contributed by atoms with Gasteiger partial charge in [0.25, 0.3) is 0 Å². The maximum Gasteiger partial charge on any atom is 0.146 e. The molecule has 0 heterocycles. The quantitative estimate of drug-likeness (QED) is 0.554. The van der Waals surface area contributed by atoms with Gasteiger partial charge in [-0.25, -0.2) is 0 Å². The minimum Gasteiger partial charge on any atom is -0.424 e. The summed E-state index contributed by atoms with van der Waals surface area (Å²) in [6, 6.07) is 0. The second kappa shape index (κ2) is 3.53. The second-order valence-corrected chi connectivity index (χ2v) is 4.74. The van der Waals surface area contributed by atoms with E-state index in [4.69, 9.17) is 4.43 Å². The standard InChI is InChI=1S/C8H20OSi/c1-6(2)7(9-10)8(3,4)5/h6-7H,1-5,10H3. The Hall–Kier alpha value is 0.177. The molecule has 0 saturated heterocycles. The van der Waals surface area contributed by atoms with Crippen molar-refractivity contribution in [2.24, 2.45) is 11.3 Å². The van der Waals surface area contributed by atoms with Crippen molar-refractivity contribution in [2.45, 2.75) is 40.7 Å². The van der Waals surface area contributed by atoms with Crippen molar-refractivity contribution in [1.82, 2.24) is 0 Å². The summed E-state index contributed by atoms with van der Waals surface area (Å²) in [5.74, 6) is 0.637. The third-order valence-corrected chi connectivity index (χ3v) is 2.22. The SMILES string of the molecule is CC(C)C(O[SiH3])C(C)(C)C. The van der Waals surface area contributed by atoms with Crippen LogP contribution in [0, 0.1) is 11.3 Å². The highest BCUT2D eigenvalue weighted by atomic mass is 28.2. The van der Waals surface area contributed by atoms with Crippen LogP contribution in [-0.2, 0) is 4.43 Å². The maximum atomic E-state index is 5.52. The van der Waals surface area contributed by atoms with Gasteiger partial charge in [-0.15, -0.1) is 0 Å². The lowest BCUT2D eigenvalue weighted by atomic mass is 9.83. The van der Waals surface area contributed by atoms with E-state index in [1.807, 2.05) is 0 Å². The molecule has 2 heteroatoms. The number of rotatable bonds is 2. The Balaban J connectivity index is 4.07. The highest BCUT2D eigenvalue weighted by molar-refractivity contribution is 5.98. The molecule has 0 saturated carbocycles. The molecule has 0 aromatic rings. The lowest BCUT2D eigenvalue weighted by Crippen LogP contribution is -2.33. The van der Waals surface area contributed by atoms with Crippen molar-refractivity contribution in [3.8, 4) is 0 Å². The fraction of sp³-hybridized carbons (Fsp3) is 1.00. The van der Waals surface area contributed by atoms with Crippen LogP contribution < -0.4 is 0 Å². The van der Waals surface area contributed by atoms with E-state index in [0.29, 0.717) is 17.4 Å². The molecule has 0 aromatic heterocycles. The predicted molar refractivity (Wildman–Crippen MR) is 49.1 cm³/mol. The van der Waals surface area contributed by atoms with E-state index in [9.17, 15) is 0 Å². The fourth-order valence-electron chi connectivity index (χ4n) is 1.63. The summed E-state index contributed by atoms with van der Waals surface area (Å²) in [4.78, 5) is 0. The molecule has 0 spiro atoms. The Kier molecular flexibility index (Phi) is 3.60. The Bertz CT molecular complexity index is 93.9. The first-order valence-electron chi connectivity index (χ1n) is 3.92.